The van der Waals surface area contributed by atoms with Crippen LogP contribution in [0, 0.1) is 0 Å². The van der Waals surface area contributed by atoms with E-state index in [0.29, 0.717) is 23.7 Å². The second kappa shape index (κ2) is 10.8. The Labute approximate surface area is 175 Å². The number of nitrogens with one attached hydrogen (secondary N) is 1. The van der Waals surface area contributed by atoms with Crippen molar-refractivity contribution in [2.75, 3.05) is 18.9 Å². The Balaban J connectivity index is 1.38. The average Bonchev–Trinajstić information content (AvgIpc) is 2.74. The molecule has 0 aliphatic rings. The lowest BCUT2D eigenvalue weighted by Gasteiger charge is -2.08. The number of halogens is 1. The zero-order chi connectivity index (χ0) is 19.6. The van der Waals surface area contributed by atoms with Gasteiger partial charge >= 0.3 is 0 Å². The third-order valence-corrected chi connectivity index (χ3v) is 5.32. The molecule has 0 saturated heterocycles. The van der Waals surface area contributed by atoms with Gasteiger partial charge in [-0.25, -0.2) is 0 Å². The molecule has 0 unspecified atom stereocenters. The second-order valence-corrected chi connectivity index (χ2v) is 7.77. The van der Waals surface area contributed by atoms with Gasteiger partial charge in [-0.3, -0.25) is 4.79 Å². The van der Waals surface area contributed by atoms with E-state index in [4.69, 9.17) is 16.3 Å². The van der Waals surface area contributed by atoms with Gasteiger partial charge in [-0.2, -0.15) is 0 Å². The van der Waals surface area contributed by atoms with E-state index in [-0.39, 0.29) is 5.91 Å². The van der Waals surface area contributed by atoms with E-state index in [9.17, 15) is 4.79 Å². The van der Waals surface area contributed by atoms with Gasteiger partial charge in [0.1, 0.15) is 5.75 Å². The summed E-state index contributed by atoms with van der Waals surface area (Å²) < 4.78 is 5.75. The first-order chi connectivity index (χ1) is 13.7. The number of ether oxygens (including phenoxy) is 1. The van der Waals surface area contributed by atoms with Crippen LogP contribution in [0.1, 0.15) is 15.9 Å². The molecule has 144 valence electrons. The molecule has 0 spiro atoms. The van der Waals surface area contributed by atoms with Crippen molar-refractivity contribution >= 4 is 29.3 Å². The molecular formula is C23H22ClNO2S. The summed E-state index contributed by atoms with van der Waals surface area (Å²) in [6.45, 7) is 1.20. The van der Waals surface area contributed by atoms with Crippen LogP contribution in [0.25, 0.3) is 0 Å². The van der Waals surface area contributed by atoms with Crippen LogP contribution in [-0.4, -0.2) is 24.8 Å². The summed E-state index contributed by atoms with van der Waals surface area (Å²) in [5.74, 6) is 1.56. The monoisotopic (exact) mass is 411 g/mol. The molecule has 0 aromatic heterocycles. The highest BCUT2D eigenvalue weighted by Gasteiger charge is 2.05. The Kier molecular flexibility index (Phi) is 7.82. The summed E-state index contributed by atoms with van der Waals surface area (Å²) in [7, 11) is 0. The zero-order valence-electron chi connectivity index (χ0n) is 15.4. The summed E-state index contributed by atoms with van der Waals surface area (Å²) in [6.07, 6.45) is 0.767. The summed E-state index contributed by atoms with van der Waals surface area (Å²) in [5, 5.41) is 3.65. The summed E-state index contributed by atoms with van der Waals surface area (Å²) >= 11 is 7.64. The largest absolute Gasteiger partial charge is 0.493 e. The molecule has 3 aromatic carbocycles. The quantitative estimate of drug-likeness (QED) is 0.374. The molecule has 3 aromatic rings. The van der Waals surface area contributed by atoms with Gasteiger partial charge in [0.05, 0.1) is 6.61 Å². The van der Waals surface area contributed by atoms with Crippen molar-refractivity contribution in [3.05, 3.63) is 95.0 Å². The third kappa shape index (κ3) is 6.63. The van der Waals surface area contributed by atoms with Gasteiger partial charge in [-0.15, -0.1) is 11.8 Å². The van der Waals surface area contributed by atoms with E-state index in [1.165, 1.54) is 4.90 Å². The van der Waals surface area contributed by atoms with E-state index in [0.717, 1.165) is 23.5 Å². The fraction of sp³-hybridized carbons (Fsp3) is 0.174. The van der Waals surface area contributed by atoms with Gasteiger partial charge in [-0.1, -0.05) is 41.9 Å². The fourth-order valence-electron chi connectivity index (χ4n) is 2.61. The molecule has 0 fully saturated rings. The number of thioether (sulfide) groups is 1. The lowest BCUT2D eigenvalue weighted by Crippen LogP contribution is -2.25. The number of hydrogen-bond acceptors (Lipinski definition) is 3. The Morgan fingerprint density at radius 2 is 1.64 bits per heavy atom. The van der Waals surface area contributed by atoms with Gasteiger partial charge in [0.2, 0.25) is 0 Å². The average molecular weight is 412 g/mol. The SMILES string of the molecule is O=C(NCCc1ccc(Cl)cc1)c1ccc(OCCSc2ccccc2)cc1. The van der Waals surface area contributed by atoms with Crippen LogP contribution in [0.5, 0.6) is 5.75 Å². The molecule has 0 heterocycles. The molecule has 3 rings (SSSR count). The van der Waals surface area contributed by atoms with Crippen LogP contribution in [-0.2, 0) is 6.42 Å². The molecule has 0 bridgehead atoms. The summed E-state index contributed by atoms with van der Waals surface area (Å²) in [5.41, 5.74) is 1.77. The number of hydrogen-bond donors (Lipinski definition) is 1. The van der Waals surface area contributed by atoms with Crippen LogP contribution < -0.4 is 10.1 Å². The highest BCUT2D eigenvalue weighted by Crippen LogP contribution is 2.18. The molecule has 28 heavy (non-hydrogen) atoms. The van der Waals surface area contributed by atoms with Crippen LogP contribution in [0.3, 0.4) is 0 Å². The number of benzene rings is 3. The fourth-order valence-corrected chi connectivity index (χ4v) is 3.49. The predicted octanol–water partition coefficient (Wildman–Crippen LogP) is 5.48. The molecule has 1 amide bonds. The minimum atomic E-state index is -0.0832. The summed E-state index contributed by atoms with van der Waals surface area (Å²) in [4.78, 5) is 13.5. The maximum absolute atomic E-state index is 12.2. The van der Waals surface area contributed by atoms with Crippen molar-refractivity contribution in [2.45, 2.75) is 11.3 Å². The van der Waals surface area contributed by atoms with Gasteiger partial charge in [0.25, 0.3) is 5.91 Å². The smallest absolute Gasteiger partial charge is 0.251 e. The Bertz CT molecular complexity index is 867. The Morgan fingerprint density at radius 3 is 2.36 bits per heavy atom. The molecular weight excluding hydrogens is 390 g/mol. The normalized spacial score (nSPS) is 10.5. The van der Waals surface area contributed by atoms with Crippen molar-refractivity contribution in [1.82, 2.24) is 5.32 Å². The van der Waals surface area contributed by atoms with Gasteiger partial charge < -0.3 is 10.1 Å². The highest BCUT2D eigenvalue weighted by atomic mass is 35.5. The standard InChI is InChI=1S/C23H22ClNO2S/c24-20-10-6-18(7-11-20)14-15-25-23(26)19-8-12-21(13-9-19)27-16-17-28-22-4-2-1-3-5-22/h1-13H,14-17H2,(H,25,26). The molecule has 3 nitrogen and oxygen atoms in total. The lowest BCUT2D eigenvalue weighted by molar-refractivity contribution is 0.0954. The molecule has 0 atom stereocenters. The highest BCUT2D eigenvalue weighted by molar-refractivity contribution is 7.99. The Morgan fingerprint density at radius 1 is 0.929 bits per heavy atom. The zero-order valence-corrected chi connectivity index (χ0v) is 17.0. The topological polar surface area (TPSA) is 38.3 Å². The van der Waals surface area contributed by atoms with Gasteiger partial charge in [0, 0.05) is 27.8 Å². The Hall–Kier alpha value is -2.43. The van der Waals surface area contributed by atoms with E-state index in [1.807, 2.05) is 54.6 Å². The molecule has 1 N–H and O–H groups in total. The molecule has 0 saturated carbocycles. The van der Waals surface area contributed by atoms with Crippen LogP contribution in [0.4, 0.5) is 0 Å². The van der Waals surface area contributed by atoms with Crippen LogP contribution >= 0.6 is 23.4 Å². The number of rotatable bonds is 9. The van der Waals surface area contributed by atoms with E-state index < -0.39 is 0 Å². The molecule has 0 aliphatic carbocycles. The minimum absolute atomic E-state index is 0.0832. The number of carbonyl (C=O) groups excluding carboxylic acids is 1. The number of amides is 1. The van der Waals surface area contributed by atoms with Crippen LogP contribution in [0.15, 0.2) is 83.8 Å². The molecule has 0 aliphatic heterocycles. The molecule has 0 radical (unpaired) electrons. The maximum atomic E-state index is 12.2. The molecule has 5 heteroatoms. The third-order valence-electron chi connectivity index (χ3n) is 4.09. The summed E-state index contributed by atoms with van der Waals surface area (Å²) in [6, 6.07) is 25.1. The lowest BCUT2D eigenvalue weighted by atomic mass is 10.1. The van der Waals surface area contributed by atoms with E-state index >= 15 is 0 Å². The first-order valence-electron chi connectivity index (χ1n) is 9.14. The first-order valence-corrected chi connectivity index (χ1v) is 10.5. The minimum Gasteiger partial charge on any atom is -0.493 e. The second-order valence-electron chi connectivity index (χ2n) is 6.17. The van der Waals surface area contributed by atoms with Crippen molar-refractivity contribution in [3.63, 3.8) is 0 Å². The van der Waals surface area contributed by atoms with Gasteiger partial charge in [0.15, 0.2) is 0 Å². The first kappa shape index (κ1) is 20.3. The van der Waals surface area contributed by atoms with Crippen molar-refractivity contribution in [3.8, 4) is 5.75 Å². The predicted molar refractivity (Wildman–Crippen MR) is 117 cm³/mol. The van der Waals surface area contributed by atoms with Crippen LogP contribution in [0.2, 0.25) is 5.02 Å². The van der Waals surface area contributed by atoms with Crippen molar-refractivity contribution in [1.29, 1.82) is 0 Å². The van der Waals surface area contributed by atoms with E-state index in [2.05, 4.69) is 17.4 Å². The number of carbonyl (C=O) groups is 1. The van der Waals surface area contributed by atoms with Crippen molar-refractivity contribution < 1.29 is 9.53 Å². The van der Waals surface area contributed by atoms with Gasteiger partial charge in [-0.05, 0) is 60.5 Å². The maximum Gasteiger partial charge on any atom is 0.251 e. The van der Waals surface area contributed by atoms with Crippen molar-refractivity contribution in [2.24, 2.45) is 0 Å². The van der Waals surface area contributed by atoms with E-state index in [1.54, 1.807) is 23.9 Å².